The summed E-state index contributed by atoms with van der Waals surface area (Å²) in [5, 5.41) is 3.12. The van der Waals surface area contributed by atoms with E-state index < -0.39 is 15.4 Å². The van der Waals surface area contributed by atoms with E-state index in [0.29, 0.717) is 11.3 Å². The highest BCUT2D eigenvalue weighted by molar-refractivity contribution is 7.92. The second-order valence-electron chi connectivity index (χ2n) is 5.99. The molecule has 1 aliphatic heterocycles. The minimum atomic E-state index is -3.87. The minimum Gasteiger partial charge on any atom is -0.325 e. The molecule has 0 aliphatic carbocycles. The van der Waals surface area contributed by atoms with Gasteiger partial charge in [0.05, 0.1) is 26.0 Å². The third kappa shape index (κ3) is 2.75. The fourth-order valence-corrected chi connectivity index (χ4v) is 4.01. The number of hydrogen-bond donors (Lipinski definition) is 2. The number of anilines is 2. The zero-order chi connectivity index (χ0) is 17.7. The molecule has 1 aliphatic rings. The van der Waals surface area contributed by atoms with Crippen LogP contribution in [0.25, 0.3) is 0 Å². The van der Waals surface area contributed by atoms with E-state index in [1.54, 1.807) is 32.0 Å². The van der Waals surface area contributed by atoms with E-state index >= 15 is 0 Å². The van der Waals surface area contributed by atoms with E-state index in [1.165, 1.54) is 18.2 Å². The molecule has 0 spiro atoms. The minimum absolute atomic E-state index is 0.0434. The van der Waals surface area contributed by atoms with E-state index in [4.69, 9.17) is 23.2 Å². The number of halogens is 2. The molecule has 3 rings (SSSR count). The van der Waals surface area contributed by atoms with Crippen molar-refractivity contribution in [2.75, 3.05) is 10.0 Å². The van der Waals surface area contributed by atoms with Gasteiger partial charge in [-0.1, -0.05) is 29.3 Å². The number of nitrogens with one attached hydrogen (secondary N) is 2. The maximum Gasteiger partial charge on any atom is 0.261 e. The maximum absolute atomic E-state index is 12.6. The largest absolute Gasteiger partial charge is 0.325 e. The zero-order valence-electron chi connectivity index (χ0n) is 12.9. The van der Waals surface area contributed by atoms with E-state index in [-0.39, 0.29) is 26.5 Å². The Morgan fingerprint density at radius 1 is 1.12 bits per heavy atom. The topological polar surface area (TPSA) is 75.3 Å². The molecule has 0 unspecified atom stereocenters. The summed E-state index contributed by atoms with van der Waals surface area (Å²) in [6.45, 7) is 3.48. The molecular weight excluding hydrogens is 371 g/mol. The van der Waals surface area contributed by atoms with Crippen LogP contribution in [0.15, 0.2) is 41.3 Å². The SMILES string of the molecule is CC1(C)C(=O)Nc2ccc(S(=O)(=O)Nc3cccc(Cl)c3Cl)cc21. The maximum atomic E-state index is 12.6. The molecule has 0 bridgehead atoms. The second-order valence-corrected chi connectivity index (χ2v) is 8.46. The number of amides is 1. The zero-order valence-corrected chi connectivity index (χ0v) is 15.2. The number of carbonyl (C=O) groups excluding carboxylic acids is 1. The molecule has 2 aromatic rings. The molecule has 2 N–H and O–H groups in total. The Kier molecular flexibility index (Phi) is 4.02. The lowest BCUT2D eigenvalue weighted by molar-refractivity contribution is -0.119. The lowest BCUT2D eigenvalue weighted by Crippen LogP contribution is -2.27. The third-order valence-electron chi connectivity index (χ3n) is 3.99. The van der Waals surface area contributed by atoms with Gasteiger partial charge >= 0.3 is 0 Å². The Morgan fingerprint density at radius 2 is 1.83 bits per heavy atom. The molecule has 1 amide bonds. The Labute approximate surface area is 150 Å². The molecule has 2 aromatic carbocycles. The summed E-state index contributed by atoms with van der Waals surface area (Å²) >= 11 is 11.9. The van der Waals surface area contributed by atoms with Gasteiger partial charge in [0, 0.05) is 5.69 Å². The molecule has 0 fully saturated rings. The molecule has 0 saturated carbocycles. The summed E-state index contributed by atoms with van der Waals surface area (Å²) in [6.07, 6.45) is 0. The first-order valence-electron chi connectivity index (χ1n) is 7.06. The number of benzene rings is 2. The van der Waals surface area contributed by atoms with Gasteiger partial charge in [-0.25, -0.2) is 8.42 Å². The van der Waals surface area contributed by atoms with Crippen molar-refractivity contribution < 1.29 is 13.2 Å². The second kappa shape index (κ2) is 5.65. The number of rotatable bonds is 3. The molecule has 1 heterocycles. The molecule has 0 saturated heterocycles. The van der Waals surface area contributed by atoms with Gasteiger partial charge in [0.2, 0.25) is 5.91 Å². The molecule has 24 heavy (non-hydrogen) atoms. The first-order chi connectivity index (χ1) is 11.1. The Bertz CT molecular complexity index is 956. The van der Waals surface area contributed by atoms with Crippen molar-refractivity contribution in [3.8, 4) is 0 Å². The van der Waals surface area contributed by atoms with Crippen LogP contribution in [0.2, 0.25) is 10.0 Å². The van der Waals surface area contributed by atoms with Crippen LogP contribution in [0.1, 0.15) is 19.4 Å². The summed E-state index contributed by atoms with van der Waals surface area (Å²) in [7, 11) is -3.87. The highest BCUT2D eigenvalue weighted by Gasteiger charge is 2.39. The average molecular weight is 385 g/mol. The molecule has 8 heteroatoms. The van der Waals surface area contributed by atoms with Gasteiger partial charge in [0.25, 0.3) is 10.0 Å². The van der Waals surface area contributed by atoms with Crippen LogP contribution in [-0.4, -0.2) is 14.3 Å². The Morgan fingerprint density at radius 3 is 2.54 bits per heavy atom. The quantitative estimate of drug-likeness (QED) is 0.838. The lowest BCUT2D eigenvalue weighted by atomic mass is 9.86. The van der Waals surface area contributed by atoms with Crippen LogP contribution in [0, 0.1) is 0 Å². The number of carbonyl (C=O) groups is 1. The van der Waals surface area contributed by atoms with Crippen LogP contribution in [0.5, 0.6) is 0 Å². The van der Waals surface area contributed by atoms with Crippen LogP contribution in [0.4, 0.5) is 11.4 Å². The fraction of sp³-hybridized carbons (Fsp3) is 0.188. The van der Waals surface area contributed by atoms with Gasteiger partial charge in [0.15, 0.2) is 0 Å². The van der Waals surface area contributed by atoms with Crippen molar-refractivity contribution in [1.82, 2.24) is 0 Å². The van der Waals surface area contributed by atoms with Crippen LogP contribution >= 0.6 is 23.2 Å². The highest BCUT2D eigenvalue weighted by atomic mass is 35.5. The summed E-state index contributed by atoms with van der Waals surface area (Å²) in [5.74, 6) is -0.169. The summed E-state index contributed by atoms with van der Waals surface area (Å²) < 4.78 is 27.7. The summed E-state index contributed by atoms with van der Waals surface area (Å²) in [4.78, 5) is 12.0. The van der Waals surface area contributed by atoms with Crippen molar-refractivity contribution in [1.29, 1.82) is 0 Å². The first-order valence-corrected chi connectivity index (χ1v) is 9.29. The van der Waals surface area contributed by atoms with Crippen molar-refractivity contribution in [3.05, 3.63) is 52.0 Å². The summed E-state index contributed by atoms with van der Waals surface area (Å²) in [6, 6.07) is 9.19. The summed E-state index contributed by atoms with van der Waals surface area (Å²) in [5.41, 5.74) is 0.643. The van der Waals surface area contributed by atoms with E-state index in [2.05, 4.69) is 10.0 Å². The molecule has 0 atom stereocenters. The van der Waals surface area contributed by atoms with Gasteiger partial charge in [-0.2, -0.15) is 0 Å². The lowest BCUT2D eigenvalue weighted by Gasteiger charge is -2.16. The first kappa shape index (κ1) is 17.1. The molecule has 0 radical (unpaired) electrons. The predicted octanol–water partition coefficient (Wildman–Crippen LogP) is 4.02. The monoisotopic (exact) mass is 384 g/mol. The molecule has 126 valence electrons. The van der Waals surface area contributed by atoms with Gasteiger partial charge in [-0.15, -0.1) is 0 Å². The standard InChI is InChI=1S/C16H14Cl2N2O3S/c1-16(2)10-8-9(6-7-12(10)19-15(16)21)24(22,23)20-13-5-3-4-11(17)14(13)18/h3-8,20H,1-2H3,(H,19,21). The fourth-order valence-electron chi connectivity index (χ4n) is 2.50. The van der Waals surface area contributed by atoms with Crippen molar-refractivity contribution in [2.45, 2.75) is 24.2 Å². The highest BCUT2D eigenvalue weighted by Crippen LogP contribution is 2.39. The molecule has 5 nitrogen and oxygen atoms in total. The van der Waals surface area contributed by atoms with Gasteiger partial charge < -0.3 is 5.32 Å². The smallest absolute Gasteiger partial charge is 0.261 e. The average Bonchev–Trinajstić information content (AvgIpc) is 2.73. The predicted molar refractivity (Wildman–Crippen MR) is 95.4 cm³/mol. The van der Waals surface area contributed by atoms with Crippen molar-refractivity contribution >= 4 is 50.5 Å². The third-order valence-corrected chi connectivity index (χ3v) is 6.17. The van der Waals surface area contributed by atoms with Crippen molar-refractivity contribution in [2.24, 2.45) is 0 Å². The van der Waals surface area contributed by atoms with E-state index in [1.807, 2.05) is 0 Å². The Balaban J connectivity index is 2.02. The van der Waals surface area contributed by atoms with Crippen LogP contribution < -0.4 is 10.0 Å². The van der Waals surface area contributed by atoms with Gasteiger partial charge in [0.1, 0.15) is 0 Å². The van der Waals surface area contributed by atoms with Crippen LogP contribution in [-0.2, 0) is 20.2 Å². The number of sulfonamides is 1. The molecular formula is C16H14Cl2N2O3S. The van der Waals surface area contributed by atoms with Crippen molar-refractivity contribution in [3.63, 3.8) is 0 Å². The normalized spacial score (nSPS) is 15.8. The van der Waals surface area contributed by atoms with E-state index in [0.717, 1.165) is 0 Å². The van der Waals surface area contributed by atoms with Crippen LogP contribution in [0.3, 0.4) is 0 Å². The van der Waals surface area contributed by atoms with E-state index in [9.17, 15) is 13.2 Å². The Hall–Kier alpha value is -1.76. The molecule has 0 aromatic heterocycles. The number of hydrogen-bond acceptors (Lipinski definition) is 3. The van der Waals surface area contributed by atoms with Gasteiger partial charge in [-0.05, 0) is 49.7 Å². The van der Waals surface area contributed by atoms with Gasteiger partial charge in [-0.3, -0.25) is 9.52 Å². The number of fused-ring (bicyclic) bond motifs is 1.